The van der Waals surface area contributed by atoms with E-state index in [2.05, 4.69) is 10.1 Å². The molecule has 0 saturated carbocycles. The first-order chi connectivity index (χ1) is 15.2. The van der Waals surface area contributed by atoms with Crippen molar-refractivity contribution in [1.29, 1.82) is 0 Å². The molecule has 0 spiro atoms. The fraction of sp³-hybridized carbons (Fsp3) is 0.238. The predicted octanol–water partition coefficient (Wildman–Crippen LogP) is 4.13. The van der Waals surface area contributed by atoms with Gasteiger partial charge in [-0.15, -0.1) is 11.3 Å². The summed E-state index contributed by atoms with van der Waals surface area (Å²) in [5, 5.41) is 8.35. The number of carbonyl (C=O) groups excluding carboxylic acids is 1. The Morgan fingerprint density at radius 3 is 2.84 bits per heavy atom. The van der Waals surface area contributed by atoms with Crippen LogP contribution < -0.4 is 5.56 Å². The van der Waals surface area contributed by atoms with Crippen LogP contribution in [0.3, 0.4) is 0 Å². The molecule has 10 heteroatoms. The van der Waals surface area contributed by atoms with Gasteiger partial charge in [-0.05, 0) is 42.6 Å². The second-order valence-electron chi connectivity index (χ2n) is 6.87. The molecule has 4 aromatic heterocycles. The molecule has 1 unspecified atom stereocenters. The van der Waals surface area contributed by atoms with Crippen molar-refractivity contribution < 1.29 is 13.6 Å². The molecule has 31 heavy (non-hydrogen) atoms. The maximum Gasteiger partial charge on any atom is 0.272 e. The standard InChI is InChI=1S/C21H18N4O4S2/c1-2-24-20(27)19-13(7-10-30-19)22-21(24)31-12-18(26)25-15(17-6-4-9-29-17)11-14(23-25)16-5-3-8-28-16/h3-10,15H,2,11-12H2,1H3. The van der Waals surface area contributed by atoms with Crippen LogP contribution >= 0.6 is 23.1 Å². The van der Waals surface area contributed by atoms with Crippen LogP contribution in [-0.2, 0) is 11.3 Å². The van der Waals surface area contributed by atoms with E-state index < -0.39 is 0 Å². The van der Waals surface area contributed by atoms with Gasteiger partial charge in [-0.25, -0.2) is 9.99 Å². The molecule has 1 atom stereocenters. The Morgan fingerprint density at radius 1 is 1.26 bits per heavy atom. The number of hydrazone groups is 1. The van der Waals surface area contributed by atoms with Crippen molar-refractivity contribution in [2.24, 2.45) is 5.10 Å². The van der Waals surface area contributed by atoms with Gasteiger partial charge in [-0.3, -0.25) is 14.2 Å². The second-order valence-corrected chi connectivity index (χ2v) is 8.72. The predicted molar refractivity (Wildman–Crippen MR) is 118 cm³/mol. The lowest BCUT2D eigenvalue weighted by molar-refractivity contribution is -0.130. The van der Waals surface area contributed by atoms with Gasteiger partial charge >= 0.3 is 0 Å². The second kappa shape index (κ2) is 8.20. The first-order valence-corrected chi connectivity index (χ1v) is 11.6. The van der Waals surface area contributed by atoms with Crippen molar-refractivity contribution in [2.75, 3.05) is 5.75 Å². The van der Waals surface area contributed by atoms with Crippen LogP contribution in [0.1, 0.15) is 30.9 Å². The Labute approximate surface area is 185 Å². The summed E-state index contributed by atoms with van der Waals surface area (Å²) in [5.74, 6) is 1.18. The van der Waals surface area contributed by atoms with Crippen molar-refractivity contribution in [3.8, 4) is 0 Å². The lowest BCUT2D eigenvalue weighted by atomic mass is 10.1. The number of nitrogens with zero attached hydrogens (tertiary/aromatic N) is 4. The highest BCUT2D eigenvalue weighted by atomic mass is 32.2. The number of amides is 1. The van der Waals surface area contributed by atoms with Gasteiger partial charge in [0.2, 0.25) is 0 Å². The molecule has 0 radical (unpaired) electrons. The number of fused-ring (bicyclic) bond motifs is 1. The summed E-state index contributed by atoms with van der Waals surface area (Å²) in [6, 6.07) is 8.71. The minimum atomic E-state index is -0.344. The fourth-order valence-electron chi connectivity index (χ4n) is 3.54. The number of furan rings is 2. The highest BCUT2D eigenvalue weighted by molar-refractivity contribution is 7.99. The largest absolute Gasteiger partial charge is 0.467 e. The molecular weight excluding hydrogens is 436 g/mol. The quantitative estimate of drug-likeness (QED) is 0.321. The number of hydrogen-bond donors (Lipinski definition) is 0. The van der Waals surface area contributed by atoms with Gasteiger partial charge < -0.3 is 8.83 Å². The molecule has 0 saturated heterocycles. The van der Waals surface area contributed by atoms with Crippen LogP contribution in [0.2, 0.25) is 0 Å². The van der Waals surface area contributed by atoms with Gasteiger partial charge in [0.05, 0.1) is 23.8 Å². The van der Waals surface area contributed by atoms with E-state index in [1.807, 2.05) is 30.5 Å². The molecule has 0 aliphatic carbocycles. The summed E-state index contributed by atoms with van der Waals surface area (Å²) in [5.41, 5.74) is 1.26. The van der Waals surface area contributed by atoms with Crippen molar-refractivity contribution in [3.05, 3.63) is 70.1 Å². The van der Waals surface area contributed by atoms with Crippen LogP contribution in [-0.4, -0.2) is 31.9 Å². The van der Waals surface area contributed by atoms with Crippen LogP contribution in [0.4, 0.5) is 0 Å². The number of thiophene rings is 1. The minimum absolute atomic E-state index is 0.0785. The van der Waals surface area contributed by atoms with Crippen molar-refractivity contribution in [1.82, 2.24) is 14.6 Å². The highest BCUT2D eigenvalue weighted by Crippen LogP contribution is 2.34. The van der Waals surface area contributed by atoms with Crippen LogP contribution in [0, 0.1) is 0 Å². The lowest BCUT2D eigenvalue weighted by Crippen LogP contribution is -2.29. The monoisotopic (exact) mass is 454 g/mol. The highest BCUT2D eigenvalue weighted by Gasteiger charge is 2.35. The molecule has 8 nitrogen and oxygen atoms in total. The molecule has 1 aliphatic rings. The SMILES string of the molecule is CCn1c(SCC(=O)N2N=C(c3ccco3)CC2c2ccco2)nc2ccsc2c1=O. The molecule has 0 aromatic carbocycles. The van der Waals surface area contributed by atoms with E-state index in [4.69, 9.17) is 8.83 Å². The van der Waals surface area contributed by atoms with Crippen LogP contribution in [0.15, 0.2) is 72.1 Å². The fourth-order valence-corrected chi connectivity index (χ4v) is 5.23. The van der Waals surface area contributed by atoms with Crippen LogP contribution in [0.5, 0.6) is 0 Å². The average molecular weight is 455 g/mol. The average Bonchev–Trinajstić information content (AvgIpc) is 3.56. The first-order valence-electron chi connectivity index (χ1n) is 9.73. The zero-order valence-corrected chi connectivity index (χ0v) is 18.2. The summed E-state index contributed by atoms with van der Waals surface area (Å²) in [6.45, 7) is 2.37. The summed E-state index contributed by atoms with van der Waals surface area (Å²) < 4.78 is 13.2. The van der Waals surface area contributed by atoms with Gasteiger partial charge in [0.1, 0.15) is 28.0 Å². The van der Waals surface area contributed by atoms with Gasteiger partial charge in [-0.1, -0.05) is 11.8 Å². The van der Waals surface area contributed by atoms with Crippen LogP contribution in [0.25, 0.3) is 10.2 Å². The number of aromatic nitrogens is 2. The van der Waals surface area contributed by atoms with E-state index in [1.54, 1.807) is 29.2 Å². The summed E-state index contributed by atoms with van der Waals surface area (Å²) >= 11 is 2.62. The minimum Gasteiger partial charge on any atom is -0.467 e. The number of carbonyl (C=O) groups is 1. The molecule has 5 rings (SSSR count). The maximum atomic E-state index is 13.2. The van der Waals surface area contributed by atoms with Crippen molar-refractivity contribution in [3.63, 3.8) is 0 Å². The molecule has 0 N–H and O–H groups in total. The maximum absolute atomic E-state index is 13.2. The molecule has 4 aromatic rings. The summed E-state index contributed by atoms with van der Waals surface area (Å²) in [7, 11) is 0. The molecule has 0 bridgehead atoms. The van der Waals surface area contributed by atoms with Gasteiger partial charge in [0, 0.05) is 13.0 Å². The number of rotatable bonds is 6. The number of hydrogen-bond acceptors (Lipinski definition) is 8. The van der Waals surface area contributed by atoms with E-state index in [1.165, 1.54) is 28.1 Å². The topological polar surface area (TPSA) is 93.8 Å². The normalized spacial score (nSPS) is 16.2. The molecule has 1 aliphatic heterocycles. The lowest BCUT2D eigenvalue weighted by Gasteiger charge is -2.19. The smallest absolute Gasteiger partial charge is 0.272 e. The zero-order valence-electron chi connectivity index (χ0n) is 16.6. The molecule has 0 fully saturated rings. The van der Waals surface area contributed by atoms with E-state index in [-0.39, 0.29) is 23.3 Å². The van der Waals surface area contributed by atoms with Gasteiger partial charge in [0.15, 0.2) is 5.16 Å². The zero-order chi connectivity index (χ0) is 21.4. The Hall–Kier alpha value is -3.11. The third kappa shape index (κ3) is 3.61. The Bertz CT molecular complexity index is 1310. The molecule has 158 valence electrons. The molecule has 1 amide bonds. The summed E-state index contributed by atoms with van der Waals surface area (Å²) in [6.07, 6.45) is 3.66. The Kier molecular flexibility index (Phi) is 5.24. The number of thioether (sulfide) groups is 1. The Morgan fingerprint density at radius 2 is 2.10 bits per heavy atom. The van der Waals surface area contributed by atoms with E-state index in [9.17, 15) is 9.59 Å². The third-order valence-corrected chi connectivity index (χ3v) is 6.87. The van der Waals surface area contributed by atoms with Gasteiger partial charge in [0.25, 0.3) is 11.5 Å². The Balaban J connectivity index is 1.41. The van der Waals surface area contributed by atoms with Crippen molar-refractivity contribution in [2.45, 2.75) is 31.1 Å². The van der Waals surface area contributed by atoms with E-state index in [0.29, 0.717) is 45.6 Å². The first kappa shape index (κ1) is 19.8. The van der Waals surface area contributed by atoms with Crippen molar-refractivity contribution >= 4 is 44.9 Å². The third-order valence-electron chi connectivity index (χ3n) is 5.01. The molecular formula is C21H18N4O4S2. The van der Waals surface area contributed by atoms with Gasteiger partial charge in [-0.2, -0.15) is 5.10 Å². The molecule has 5 heterocycles. The van der Waals surface area contributed by atoms with E-state index in [0.717, 1.165) is 0 Å². The summed E-state index contributed by atoms with van der Waals surface area (Å²) in [4.78, 5) is 30.4. The van der Waals surface area contributed by atoms with E-state index >= 15 is 0 Å².